The first-order valence-electron chi connectivity index (χ1n) is 4.85. The maximum atomic E-state index is 11.2. The topological polar surface area (TPSA) is 46.5 Å². The summed E-state index contributed by atoms with van der Waals surface area (Å²) in [5.41, 5.74) is 0.676. The van der Waals surface area contributed by atoms with E-state index in [1.165, 1.54) is 0 Å². The highest BCUT2D eigenvalue weighted by molar-refractivity contribution is 6.42. The van der Waals surface area contributed by atoms with E-state index in [2.05, 4.69) is 0 Å². The minimum absolute atomic E-state index is 0.0229. The molecule has 3 nitrogen and oxygen atoms in total. The van der Waals surface area contributed by atoms with Crippen LogP contribution in [0.3, 0.4) is 0 Å². The molecule has 0 bridgehead atoms. The molecule has 1 atom stereocenters. The number of halogens is 2. The third-order valence-electron chi connectivity index (χ3n) is 2.70. The first kappa shape index (κ1) is 11.7. The Kier molecular flexibility index (Phi) is 3.38. The van der Waals surface area contributed by atoms with Crippen molar-refractivity contribution in [3.63, 3.8) is 0 Å². The summed E-state index contributed by atoms with van der Waals surface area (Å²) in [6.45, 7) is 0.967. The number of carbonyl (C=O) groups is 1. The number of hydrogen-bond acceptors (Lipinski definition) is 2. The van der Waals surface area contributed by atoms with Crippen molar-refractivity contribution in [3.8, 4) is 0 Å². The first-order valence-corrected chi connectivity index (χ1v) is 5.60. The maximum absolute atomic E-state index is 11.2. The van der Waals surface area contributed by atoms with Crippen LogP contribution in [-0.2, 0) is 9.53 Å². The van der Waals surface area contributed by atoms with Crippen LogP contribution in [0.5, 0.6) is 0 Å². The molecule has 0 radical (unpaired) electrons. The fourth-order valence-corrected chi connectivity index (χ4v) is 2.08. The van der Waals surface area contributed by atoms with Gasteiger partial charge in [0.15, 0.2) is 0 Å². The fourth-order valence-electron chi connectivity index (χ4n) is 1.77. The molecular weight excluding hydrogens is 251 g/mol. The molecule has 1 aliphatic heterocycles. The van der Waals surface area contributed by atoms with Crippen LogP contribution in [0.15, 0.2) is 18.2 Å². The van der Waals surface area contributed by atoms with Gasteiger partial charge in [0.25, 0.3) is 0 Å². The molecule has 16 heavy (non-hydrogen) atoms. The summed E-state index contributed by atoms with van der Waals surface area (Å²) < 4.78 is 5.02. The minimum atomic E-state index is -0.855. The Labute approximate surface area is 103 Å². The molecule has 5 heteroatoms. The Hall–Kier alpha value is -0.770. The Morgan fingerprint density at radius 1 is 1.38 bits per heavy atom. The number of ether oxygens (including phenoxy) is 1. The van der Waals surface area contributed by atoms with Gasteiger partial charge in [-0.25, -0.2) is 0 Å². The molecular formula is C11H10Cl2O3. The van der Waals surface area contributed by atoms with Gasteiger partial charge in [0.05, 0.1) is 29.2 Å². The quantitative estimate of drug-likeness (QED) is 0.909. The summed E-state index contributed by atoms with van der Waals surface area (Å²) in [7, 11) is 0. The van der Waals surface area contributed by atoms with Crippen molar-refractivity contribution in [1.82, 2.24) is 0 Å². The lowest BCUT2D eigenvalue weighted by atomic mass is 9.85. The normalized spacial score (nSPS) is 17.9. The van der Waals surface area contributed by atoms with Crippen LogP contribution in [0, 0.1) is 5.92 Å². The molecule has 86 valence electrons. The maximum Gasteiger partial charge on any atom is 0.311 e. The van der Waals surface area contributed by atoms with Gasteiger partial charge in [0.2, 0.25) is 0 Å². The number of benzene rings is 1. The third-order valence-corrected chi connectivity index (χ3v) is 3.44. The van der Waals surface area contributed by atoms with E-state index in [9.17, 15) is 9.90 Å². The van der Waals surface area contributed by atoms with E-state index in [1.54, 1.807) is 18.2 Å². The largest absolute Gasteiger partial charge is 0.481 e. The molecule has 1 aliphatic rings. The zero-order chi connectivity index (χ0) is 11.7. The second kappa shape index (κ2) is 4.62. The van der Waals surface area contributed by atoms with Gasteiger partial charge < -0.3 is 9.84 Å². The van der Waals surface area contributed by atoms with Gasteiger partial charge in [-0.05, 0) is 17.7 Å². The average molecular weight is 261 g/mol. The third kappa shape index (κ3) is 2.17. The number of hydrogen-bond donors (Lipinski definition) is 1. The SMILES string of the molecule is O=C(O)C(c1ccc(Cl)c(Cl)c1)C1COC1. The van der Waals surface area contributed by atoms with E-state index in [0.29, 0.717) is 28.8 Å². The van der Waals surface area contributed by atoms with Gasteiger partial charge in [-0.1, -0.05) is 29.3 Å². The van der Waals surface area contributed by atoms with Crippen molar-refractivity contribution >= 4 is 29.2 Å². The standard InChI is InChI=1S/C11H10Cl2O3/c12-8-2-1-6(3-9(8)13)10(11(14)15)7-4-16-5-7/h1-3,7,10H,4-5H2,(H,14,15). The van der Waals surface area contributed by atoms with E-state index < -0.39 is 11.9 Å². The Morgan fingerprint density at radius 3 is 2.50 bits per heavy atom. The van der Waals surface area contributed by atoms with Crippen LogP contribution in [0.25, 0.3) is 0 Å². The molecule has 2 rings (SSSR count). The molecule has 1 aromatic rings. The van der Waals surface area contributed by atoms with Crippen molar-refractivity contribution in [3.05, 3.63) is 33.8 Å². The van der Waals surface area contributed by atoms with Gasteiger partial charge in [-0.15, -0.1) is 0 Å². The van der Waals surface area contributed by atoms with Gasteiger partial charge in [-0.2, -0.15) is 0 Å². The van der Waals surface area contributed by atoms with E-state index in [4.69, 9.17) is 27.9 Å². The van der Waals surface area contributed by atoms with Crippen molar-refractivity contribution in [2.24, 2.45) is 5.92 Å². The van der Waals surface area contributed by atoms with Gasteiger partial charge in [0.1, 0.15) is 0 Å². The molecule has 0 amide bonds. The molecule has 1 heterocycles. The summed E-state index contributed by atoms with van der Waals surface area (Å²) in [6.07, 6.45) is 0. The predicted octanol–water partition coefficient (Wildman–Crippen LogP) is 2.81. The van der Waals surface area contributed by atoms with Crippen LogP contribution in [0.2, 0.25) is 10.0 Å². The van der Waals surface area contributed by atoms with Gasteiger partial charge in [-0.3, -0.25) is 4.79 Å². The average Bonchev–Trinajstić information content (AvgIpc) is 2.15. The lowest BCUT2D eigenvalue weighted by Crippen LogP contribution is -2.36. The smallest absolute Gasteiger partial charge is 0.311 e. The predicted molar refractivity (Wildman–Crippen MR) is 61.1 cm³/mol. The van der Waals surface area contributed by atoms with Crippen LogP contribution in [0.4, 0.5) is 0 Å². The van der Waals surface area contributed by atoms with Crippen LogP contribution < -0.4 is 0 Å². The summed E-state index contributed by atoms with van der Waals surface area (Å²) in [5, 5.41) is 10.0. The highest BCUT2D eigenvalue weighted by Gasteiger charge is 2.35. The van der Waals surface area contributed by atoms with Gasteiger partial charge >= 0.3 is 5.97 Å². The highest BCUT2D eigenvalue weighted by atomic mass is 35.5. The van der Waals surface area contributed by atoms with E-state index in [1.807, 2.05) is 0 Å². The van der Waals surface area contributed by atoms with Crippen molar-refractivity contribution in [2.45, 2.75) is 5.92 Å². The van der Waals surface area contributed by atoms with E-state index in [0.717, 1.165) is 0 Å². The van der Waals surface area contributed by atoms with E-state index in [-0.39, 0.29) is 5.92 Å². The molecule has 1 unspecified atom stereocenters. The highest BCUT2D eigenvalue weighted by Crippen LogP contribution is 2.33. The minimum Gasteiger partial charge on any atom is -0.481 e. The molecule has 0 saturated carbocycles. The molecule has 1 saturated heterocycles. The molecule has 1 N–H and O–H groups in total. The van der Waals surface area contributed by atoms with Crippen LogP contribution >= 0.6 is 23.2 Å². The summed E-state index contributed by atoms with van der Waals surface area (Å²) >= 11 is 11.7. The van der Waals surface area contributed by atoms with Gasteiger partial charge in [0, 0.05) is 5.92 Å². The lowest BCUT2D eigenvalue weighted by molar-refractivity contribution is -0.146. The zero-order valence-corrected chi connectivity index (χ0v) is 9.83. The summed E-state index contributed by atoms with van der Waals surface area (Å²) in [4.78, 5) is 11.2. The Balaban J connectivity index is 2.31. The van der Waals surface area contributed by atoms with Crippen molar-refractivity contribution in [2.75, 3.05) is 13.2 Å². The Bertz CT molecular complexity index is 416. The van der Waals surface area contributed by atoms with E-state index >= 15 is 0 Å². The first-order chi connectivity index (χ1) is 7.59. The monoisotopic (exact) mass is 260 g/mol. The Morgan fingerprint density at radius 2 is 2.06 bits per heavy atom. The van der Waals surface area contributed by atoms with Crippen molar-refractivity contribution < 1.29 is 14.6 Å². The van der Waals surface area contributed by atoms with Crippen LogP contribution in [0.1, 0.15) is 11.5 Å². The molecule has 1 aromatic carbocycles. The molecule has 1 fully saturated rings. The zero-order valence-electron chi connectivity index (χ0n) is 8.32. The van der Waals surface area contributed by atoms with Crippen molar-refractivity contribution in [1.29, 1.82) is 0 Å². The second-order valence-electron chi connectivity index (χ2n) is 3.79. The number of rotatable bonds is 3. The summed E-state index contributed by atoms with van der Waals surface area (Å²) in [5.74, 6) is -1.40. The molecule has 0 aliphatic carbocycles. The number of carboxylic acid groups (broad SMARTS) is 1. The molecule has 0 spiro atoms. The number of aliphatic carboxylic acids is 1. The second-order valence-corrected chi connectivity index (χ2v) is 4.60. The summed E-state index contributed by atoms with van der Waals surface area (Å²) in [6, 6.07) is 4.93. The molecule has 0 aromatic heterocycles. The number of carboxylic acids is 1. The van der Waals surface area contributed by atoms with Crippen LogP contribution in [-0.4, -0.2) is 24.3 Å². The fraction of sp³-hybridized carbons (Fsp3) is 0.364. The lowest BCUT2D eigenvalue weighted by Gasteiger charge is -2.31.